The second-order valence-corrected chi connectivity index (χ2v) is 9.20. The van der Waals surface area contributed by atoms with Crippen molar-refractivity contribution < 1.29 is 24.9 Å². The molecule has 1 rings (SSSR count). The third-order valence-corrected chi connectivity index (χ3v) is 5.01. The van der Waals surface area contributed by atoms with Gasteiger partial charge < -0.3 is 20.1 Å². The van der Waals surface area contributed by atoms with Crippen LogP contribution in [0.3, 0.4) is 0 Å². The normalized spacial score (nSPS) is 11.6. The number of benzene rings is 1. The maximum absolute atomic E-state index is 11.8. The van der Waals surface area contributed by atoms with Crippen molar-refractivity contribution in [2.24, 2.45) is 11.8 Å². The van der Waals surface area contributed by atoms with E-state index >= 15 is 0 Å². The monoisotopic (exact) mass is 478 g/mol. The predicted octanol–water partition coefficient (Wildman–Crippen LogP) is 7.07. The van der Waals surface area contributed by atoms with Gasteiger partial charge >= 0.3 is 5.97 Å². The number of allylic oxidation sites excluding steroid dienone is 4. The number of hydrogen-bond donors (Lipinski definition) is 3. The van der Waals surface area contributed by atoms with Gasteiger partial charge in [-0.2, -0.15) is 0 Å². The Labute approximate surface area is 208 Å². The number of carbonyl (C=O) groups excluding carboxylic acids is 1. The van der Waals surface area contributed by atoms with Crippen LogP contribution in [0.1, 0.15) is 97.3 Å². The van der Waals surface area contributed by atoms with Crippen molar-refractivity contribution in [3.8, 4) is 5.75 Å². The van der Waals surface area contributed by atoms with Crippen molar-refractivity contribution in [3.63, 3.8) is 0 Å². The van der Waals surface area contributed by atoms with E-state index in [0.717, 1.165) is 32.1 Å². The molecule has 5 nitrogen and oxygen atoms in total. The summed E-state index contributed by atoms with van der Waals surface area (Å²) in [5, 5.41) is 25.7. The smallest absolute Gasteiger partial charge is 0.341 e. The lowest BCUT2D eigenvalue weighted by molar-refractivity contribution is 0.0481. The molecule has 0 aliphatic heterocycles. The first-order valence-electron chi connectivity index (χ1n) is 12.5. The molecule has 0 bridgehead atoms. The lowest BCUT2D eigenvalue weighted by Crippen LogP contribution is -2.09. The maximum Gasteiger partial charge on any atom is 0.341 e. The van der Waals surface area contributed by atoms with E-state index < -0.39 is 5.97 Å². The molecule has 1 aromatic rings. The molecule has 0 heterocycles. The zero-order valence-corrected chi connectivity index (χ0v) is 22.6. The number of ether oxygens (including phenoxy) is 1. The molecule has 0 saturated carbocycles. The lowest BCUT2D eigenvalue weighted by Gasteiger charge is -2.11. The van der Waals surface area contributed by atoms with Crippen molar-refractivity contribution in [1.82, 2.24) is 0 Å². The summed E-state index contributed by atoms with van der Waals surface area (Å²) in [6, 6.07) is 6.43. The highest BCUT2D eigenvalue weighted by Gasteiger charge is 2.12. The number of aliphatic hydroxyl groups excluding tert-OH is 2. The van der Waals surface area contributed by atoms with Crippen LogP contribution in [0.4, 0.5) is 0 Å². The van der Waals surface area contributed by atoms with Crippen LogP contribution in [0.15, 0.2) is 47.6 Å². The van der Waals surface area contributed by atoms with Crippen molar-refractivity contribution >= 4 is 5.97 Å². The number of para-hydroxylation sites is 1. The van der Waals surface area contributed by atoms with Crippen molar-refractivity contribution in [3.05, 3.63) is 53.1 Å². The maximum atomic E-state index is 11.8. The third-order valence-electron chi connectivity index (χ3n) is 5.01. The zero-order valence-electron chi connectivity index (χ0n) is 22.6. The quantitative estimate of drug-likeness (QED) is 0.221. The molecule has 0 fully saturated rings. The van der Waals surface area contributed by atoms with Gasteiger partial charge in [0.1, 0.15) is 11.3 Å². The standard InChI is InChI=1S/C17H24O3.C10H20O.C2H6O/c1-13(2)7-6-8-14(3)11-12-20-17(19)15-9-4-5-10-16(15)18;1-9(2)5-4-6-10(3)7-8-11;1-2-3/h4-5,7,9-10,14,18H,6,8,11-12H2,1-3H3;5,10-11H,4,6-8H2,1-3H3;3H,2H2,1H3. The predicted molar refractivity (Wildman–Crippen MR) is 143 cm³/mol. The van der Waals surface area contributed by atoms with E-state index in [4.69, 9.17) is 14.9 Å². The molecule has 0 radical (unpaired) electrons. The summed E-state index contributed by atoms with van der Waals surface area (Å²) in [5.74, 6) is 0.687. The third kappa shape index (κ3) is 21.7. The Kier molecular flexibility index (Phi) is 22.7. The van der Waals surface area contributed by atoms with E-state index in [2.05, 4.69) is 53.7 Å². The van der Waals surface area contributed by atoms with Gasteiger partial charge in [0.05, 0.1) is 6.61 Å². The molecule has 0 aromatic heterocycles. The van der Waals surface area contributed by atoms with Gasteiger partial charge in [-0.25, -0.2) is 4.79 Å². The average molecular weight is 479 g/mol. The number of hydrogen-bond acceptors (Lipinski definition) is 5. The minimum absolute atomic E-state index is 0.0332. The first kappa shape index (κ1) is 34.1. The lowest BCUT2D eigenvalue weighted by atomic mass is 10.0. The summed E-state index contributed by atoms with van der Waals surface area (Å²) < 4.78 is 5.19. The van der Waals surface area contributed by atoms with Gasteiger partial charge in [-0.05, 0) is 97.1 Å². The molecule has 2 unspecified atom stereocenters. The molecule has 0 saturated heterocycles. The fourth-order valence-corrected chi connectivity index (χ4v) is 2.90. The summed E-state index contributed by atoms with van der Waals surface area (Å²) >= 11 is 0. The van der Waals surface area contributed by atoms with Gasteiger partial charge in [0.15, 0.2) is 0 Å². The minimum atomic E-state index is -0.459. The van der Waals surface area contributed by atoms with Crippen LogP contribution in [-0.4, -0.2) is 41.1 Å². The van der Waals surface area contributed by atoms with Gasteiger partial charge in [0.2, 0.25) is 0 Å². The highest BCUT2D eigenvalue weighted by Crippen LogP contribution is 2.17. The van der Waals surface area contributed by atoms with Crippen molar-refractivity contribution in [2.45, 2.75) is 87.0 Å². The number of phenols is 1. The van der Waals surface area contributed by atoms with Crippen LogP contribution in [-0.2, 0) is 4.74 Å². The van der Waals surface area contributed by atoms with Gasteiger partial charge in [-0.3, -0.25) is 0 Å². The van der Waals surface area contributed by atoms with Gasteiger partial charge in [-0.1, -0.05) is 49.3 Å². The van der Waals surface area contributed by atoms with Crippen LogP contribution < -0.4 is 0 Å². The van der Waals surface area contributed by atoms with E-state index in [1.54, 1.807) is 25.1 Å². The van der Waals surface area contributed by atoms with Gasteiger partial charge in [0, 0.05) is 13.2 Å². The van der Waals surface area contributed by atoms with E-state index in [1.807, 2.05) is 0 Å². The van der Waals surface area contributed by atoms with Crippen LogP contribution in [0.2, 0.25) is 0 Å². The molecule has 0 aliphatic rings. The van der Waals surface area contributed by atoms with Crippen LogP contribution >= 0.6 is 0 Å². The fourth-order valence-electron chi connectivity index (χ4n) is 2.90. The second-order valence-electron chi connectivity index (χ2n) is 9.20. The molecule has 5 heteroatoms. The Morgan fingerprint density at radius 1 is 0.882 bits per heavy atom. The SMILES string of the molecule is CC(C)=CCCC(C)CCO.CC(C)=CCCC(C)CCOC(=O)c1ccccc1O.CCO. The van der Waals surface area contributed by atoms with Crippen molar-refractivity contribution in [2.75, 3.05) is 19.8 Å². The first-order chi connectivity index (χ1) is 16.1. The molecular weight excluding hydrogens is 428 g/mol. The first-order valence-corrected chi connectivity index (χ1v) is 12.5. The number of rotatable bonds is 12. The molecule has 0 amide bonds. The zero-order chi connectivity index (χ0) is 26.4. The largest absolute Gasteiger partial charge is 0.507 e. The molecule has 3 N–H and O–H groups in total. The highest BCUT2D eigenvalue weighted by atomic mass is 16.5. The number of aromatic hydroxyl groups is 1. The molecule has 0 aliphatic carbocycles. The number of esters is 1. The van der Waals surface area contributed by atoms with Crippen LogP contribution in [0.25, 0.3) is 0 Å². The van der Waals surface area contributed by atoms with E-state index in [9.17, 15) is 9.90 Å². The molecular formula is C29H50O5. The highest BCUT2D eigenvalue weighted by molar-refractivity contribution is 5.92. The summed E-state index contributed by atoms with van der Waals surface area (Å²) in [6.07, 6.45) is 10.8. The summed E-state index contributed by atoms with van der Waals surface area (Å²) in [5.41, 5.74) is 2.95. The second kappa shape index (κ2) is 22.7. The summed E-state index contributed by atoms with van der Waals surface area (Å²) in [6.45, 7) is 15.4. The summed E-state index contributed by atoms with van der Waals surface area (Å²) in [4.78, 5) is 11.8. The number of aliphatic hydroxyl groups is 2. The molecule has 0 spiro atoms. The Morgan fingerprint density at radius 3 is 1.79 bits per heavy atom. The van der Waals surface area contributed by atoms with Crippen LogP contribution in [0.5, 0.6) is 5.75 Å². The summed E-state index contributed by atoms with van der Waals surface area (Å²) in [7, 11) is 0. The van der Waals surface area contributed by atoms with Crippen molar-refractivity contribution in [1.29, 1.82) is 0 Å². The van der Waals surface area contributed by atoms with Crippen LogP contribution in [0, 0.1) is 11.8 Å². The Bertz CT molecular complexity index is 686. The number of phenolic OH excluding ortho intramolecular Hbond substituents is 1. The Morgan fingerprint density at radius 2 is 1.35 bits per heavy atom. The Balaban J connectivity index is 0. The van der Waals surface area contributed by atoms with Gasteiger partial charge in [0.25, 0.3) is 0 Å². The van der Waals surface area contributed by atoms with E-state index in [1.165, 1.54) is 23.6 Å². The molecule has 34 heavy (non-hydrogen) atoms. The molecule has 2 atom stereocenters. The average Bonchev–Trinajstić information content (AvgIpc) is 2.74. The number of carbonyl (C=O) groups is 1. The van der Waals surface area contributed by atoms with E-state index in [-0.39, 0.29) is 17.9 Å². The minimum Gasteiger partial charge on any atom is -0.507 e. The Hall–Kier alpha value is -2.11. The molecule has 196 valence electrons. The van der Waals surface area contributed by atoms with E-state index in [0.29, 0.717) is 25.0 Å². The fraction of sp³-hybridized carbons (Fsp3) is 0.621. The topological polar surface area (TPSA) is 87.0 Å². The van der Waals surface area contributed by atoms with Gasteiger partial charge in [-0.15, -0.1) is 0 Å². The molecule has 1 aromatic carbocycles.